The molecule has 0 aromatic heterocycles. The molecule has 0 bridgehead atoms. The summed E-state index contributed by atoms with van der Waals surface area (Å²) in [6, 6.07) is 5.27. The molecule has 1 saturated heterocycles. The average Bonchev–Trinajstić information content (AvgIpc) is 3.28. The van der Waals surface area contributed by atoms with Crippen LogP contribution >= 0.6 is 0 Å². The molecular weight excluding hydrogens is 562 g/mol. The van der Waals surface area contributed by atoms with E-state index in [4.69, 9.17) is 19.6 Å². The van der Waals surface area contributed by atoms with Gasteiger partial charge in [0, 0.05) is 43.9 Å². The molecule has 10 nitrogen and oxygen atoms in total. The van der Waals surface area contributed by atoms with Crippen LogP contribution in [0.3, 0.4) is 0 Å². The summed E-state index contributed by atoms with van der Waals surface area (Å²) in [6.45, 7) is 11.2. The minimum absolute atomic E-state index is 0.0327. The molecule has 0 spiro atoms. The minimum Gasteiger partial charge on any atom is -0.494 e. The van der Waals surface area contributed by atoms with Crippen molar-refractivity contribution >= 4 is 23.2 Å². The van der Waals surface area contributed by atoms with Crippen LogP contribution in [0.25, 0.3) is 0 Å². The number of fused-ring (bicyclic) bond motifs is 1. The predicted molar refractivity (Wildman–Crippen MR) is 158 cm³/mol. The summed E-state index contributed by atoms with van der Waals surface area (Å²) >= 11 is 0. The molecule has 234 valence electrons. The number of nitrogens with zero attached hydrogens (tertiary/aromatic N) is 3. The van der Waals surface area contributed by atoms with E-state index in [1.165, 1.54) is 4.90 Å². The van der Waals surface area contributed by atoms with E-state index in [-0.39, 0.29) is 53.8 Å². The molecule has 0 atom stereocenters. The fourth-order valence-electron chi connectivity index (χ4n) is 5.54. The molecule has 0 saturated carbocycles. The number of carbonyl (C=O) groups excluding carboxylic acids is 2. The highest BCUT2D eigenvalue weighted by Gasteiger charge is 2.34. The summed E-state index contributed by atoms with van der Waals surface area (Å²) < 4.78 is 44.7. The van der Waals surface area contributed by atoms with Gasteiger partial charge in [-0.3, -0.25) is 15.0 Å². The van der Waals surface area contributed by atoms with Crippen molar-refractivity contribution < 1.29 is 37.7 Å². The van der Waals surface area contributed by atoms with Gasteiger partial charge in [0.05, 0.1) is 38.1 Å². The monoisotopic (exact) mass is 602 g/mol. The first-order chi connectivity index (χ1) is 20.4. The van der Waals surface area contributed by atoms with Gasteiger partial charge in [0.1, 0.15) is 11.6 Å². The molecule has 2 aliphatic rings. The molecule has 2 aromatic carbocycles. The summed E-state index contributed by atoms with van der Waals surface area (Å²) in [4.78, 5) is 34.5. The van der Waals surface area contributed by atoms with E-state index < -0.39 is 18.3 Å². The molecule has 0 radical (unpaired) electrons. The van der Waals surface area contributed by atoms with Crippen LogP contribution in [0.4, 0.5) is 14.6 Å². The van der Waals surface area contributed by atoms with E-state index in [1.54, 1.807) is 38.0 Å². The number of carbonyl (C=O) groups is 2. The molecule has 1 N–H and O–H groups in total. The molecule has 12 heteroatoms. The van der Waals surface area contributed by atoms with Crippen molar-refractivity contribution in [2.45, 2.75) is 46.6 Å². The Morgan fingerprint density at radius 1 is 1.00 bits per heavy atom. The molecule has 0 unspecified atom stereocenters. The van der Waals surface area contributed by atoms with Gasteiger partial charge in [0.2, 0.25) is 0 Å². The zero-order valence-corrected chi connectivity index (χ0v) is 25.6. The number of anilines is 1. The fraction of sp³-hybridized carbons (Fsp3) is 0.516. The van der Waals surface area contributed by atoms with Gasteiger partial charge in [-0.1, -0.05) is 20.8 Å². The molecule has 2 aliphatic heterocycles. The largest absolute Gasteiger partial charge is 0.494 e. The van der Waals surface area contributed by atoms with E-state index in [2.05, 4.69) is 4.94 Å². The van der Waals surface area contributed by atoms with E-state index >= 15 is 4.39 Å². The van der Waals surface area contributed by atoms with Gasteiger partial charge in [0.15, 0.2) is 29.7 Å². The number of benzene rings is 2. The number of piperazine rings is 1. The van der Waals surface area contributed by atoms with Crippen LogP contribution in [-0.4, -0.2) is 87.0 Å². The van der Waals surface area contributed by atoms with E-state index in [9.17, 15) is 14.1 Å². The summed E-state index contributed by atoms with van der Waals surface area (Å²) in [5.41, 5.74) is 2.25. The van der Waals surface area contributed by atoms with Gasteiger partial charge in [-0.15, -0.1) is 0 Å². The molecule has 2 aromatic rings. The first-order valence-corrected chi connectivity index (χ1v) is 14.4. The molecule has 43 heavy (non-hydrogen) atoms. The summed E-state index contributed by atoms with van der Waals surface area (Å²) in [5, 5.41) is 8.72. The van der Waals surface area contributed by atoms with Crippen molar-refractivity contribution in [3.05, 3.63) is 46.3 Å². The number of nitrogens with one attached hydrogen (secondary N) is 1. The quantitative estimate of drug-likeness (QED) is 0.375. The molecule has 4 rings (SSSR count). The zero-order chi connectivity index (χ0) is 31.5. The normalized spacial score (nSPS) is 15.1. The molecule has 2 heterocycles. The number of Topliss-reactive ketones (excluding diaryl/α,β-unsaturated/α-hetero) is 1. The SMILES string of the molecule is CCOc1cc2c(c(F)c1OCC)C(=N)N(CC(=O)c1cc(N3CCN(C(=O)COF)CC3)c(OC)c(C(C)(C)C)c1)C2. The molecular formula is C31H40F2N4O6. The third-order valence-corrected chi connectivity index (χ3v) is 7.66. The maximum absolute atomic E-state index is 15.5. The van der Waals surface area contributed by atoms with Crippen LogP contribution in [0.1, 0.15) is 61.7 Å². The smallest absolute Gasteiger partial charge is 0.252 e. The van der Waals surface area contributed by atoms with Gasteiger partial charge in [-0.2, -0.15) is 4.94 Å². The standard InChI is InChI=1S/C31H40F2N4O6/c1-7-41-24-15-20-16-37(30(34)26(20)27(32)29(24)42-8-2)17-23(38)19-13-21(31(3,4)5)28(40-6)22(14-19)35-9-11-36(12-10-35)25(39)18-43-33/h13-15,34H,7-12,16-18H2,1-6H3. The van der Waals surface area contributed by atoms with Crippen molar-refractivity contribution in [1.29, 1.82) is 5.41 Å². The Labute approximate surface area is 250 Å². The lowest BCUT2D eigenvalue weighted by molar-refractivity contribution is -0.165. The third-order valence-electron chi connectivity index (χ3n) is 7.66. The lowest BCUT2D eigenvalue weighted by atomic mass is 9.84. The van der Waals surface area contributed by atoms with Crippen LogP contribution in [0, 0.1) is 11.2 Å². The van der Waals surface area contributed by atoms with Crippen molar-refractivity contribution in [3.63, 3.8) is 0 Å². The Hall–Kier alpha value is -3.93. The number of hydrogen-bond donors (Lipinski definition) is 1. The van der Waals surface area contributed by atoms with E-state index in [0.29, 0.717) is 55.3 Å². The van der Waals surface area contributed by atoms with Crippen LogP contribution in [0.2, 0.25) is 0 Å². The van der Waals surface area contributed by atoms with Crippen LogP contribution in [0.5, 0.6) is 17.2 Å². The lowest BCUT2D eigenvalue weighted by Crippen LogP contribution is -2.49. The van der Waals surface area contributed by atoms with Crippen molar-refractivity contribution in [1.82, 2.24) is 9.80 Å². The second-order valence-electron chi connectivity index (χ2n) is 11.5. The number of methoxy groups -OCH3 is 1. The lowest BCUT2D eigenvalue weighted by Gasteiger charge is -2.37. The summed E-state index contributed by atoms with van der Waals surface area (Å²) in [7, 11) is 1.58. The number of hydrogen-bond acceptors (Lipinski definition) is 8. The first kappa shape index (κ1) is 32.0. The maximum atomic E-state index is 15.5. The zero-order valence-electron chi connectivity index (χ0n) is 25.6. The predicted octanol–water partition coefficient (Wildman–Crippen LogP) is 4.50. The topological polar surface area (TPSA) is 105 Å². The van der Waals surface area contributed by atoms with Crippen LogP contribution < -0.4 is 19.1 Å². The fourth-order valence-corrected chi connectivity index (χ4v) is 5.54. The van der Waals surface area contributed by atoms with Crippen LogP contribution in [-0.2, 0) is 21.7 Å². The Morgan fingerprint density at radius 3 is 2.26 bits per heavy atom. The van der Waals surface area contributed by atoms with E-state index in [0.717, 1.165) is 5.56 Å². The van der Waals surface area contributed by atoms with Crippen LogP contribution in [0.15, 0.2) is 18.2 Å². The number of halogens is 2. The number of amides is 1. The summed E-state index contributed by atoms with van der Waals surface area (Å²) in [5.74, 6) is -0.555. The highest BCUT2D eigenvalue weighted by molar-refractivity contribution is 6.06. The van der Waals surface area contributed by atoms with Gasteiger partial charge in [-0.25, -0.2) is 4.39 Å². The number of rotatable bonds is 11. The molecule has 1 fully saturated rings. The number of ether oxygens (including phenoxy) is 3. The van der Waals surface area contributed by atoms with Crippen molar-refractivity contribution in [2.24, 2.45) is 0 Å². The van der Waals surface area contributed by atoms with Gasteiger partial charge in [0.25, 0.3) is 5.91 Å². The second kappa shape index (κ2) is 13.2. The minimum atomic E-state index is -0.666. The highest BCUT2D eigenvalue weighted by Crippen LogP contribution is 2.42. The first-order valence-electron chi connectivity index (χ1n) is 14.4. The maximum Gasteiger partial charge on any atom is 0.252 e. The van der Waals surface area contributed by atoms with Crippen molar-refractivity contribution in [2.75, 3.05) is 64.6 Å². The number of amidine groups is 1. The Balaban J connectivity index is 1.63. The second-order valence-corrected chi connectivity index (χ2v) is 11.5. The Kier molecular flexibility index (Phi) is 9.79. The number of ketones is 1. The molecule has 0 aliphatic carbocycles. The van der Waals surface area contributed by atoms with E-state index in [1.807, 2.05) is 31.7 Å². The Bertz CT molecular complexity index is 1390. The van der Waals surface area contributed by atoms with Gasteiger partial charge in [-0.05, 0) is 47.6 Å². The average molecular weight is 603 g/mol. The van der Waals surface area contributed by atoms with Gasteiger partial charge >= 0.3 is 0 Å². The Morgan fingerprint density at radius 2 is 1.67 bits per heavy atom. The highest BCUT2D eigenvalue weighted by atomic mass is 19.3. The van der Waals surface area contributed by atoms with Gasteiger partial charge < -0.3 is 28.9 Å². The third kappa shape index (κ3) is 6.53. The molecule has 1 amide bonds. The van der Waals surface area contributed by atoms with Crippen molar-refractivity contribution in [3.8, 4) is 17.2 Å². The summed E-state index contributed by atoms with van der Waals surface area (Å²) in [6.07, 6.45) is 0.